The maximum atomic E-state index is 12.4. The van der Waals surface area contributed by atoms with Crippen molar-refractivity contribution >= 4 is 17.7 Å². The fraction of sp³-hybridized carbons (Fsp3) is 0.286. The molecule has 0 radical (unpaired) electrons. The third-order valence-corrected chi connectivity index (χ3v) is 4.51. The lowest BCUT2D eigenvalue weighted by molar-refractivity contribution is -0.126. The van der Waals surface area contributed by atoms with Crippen LogP contribution in [0.15, 0.2) is 54.6 Å². The quantitative estimate of drug-likeness (QED) is 0.803. The molecule has 0 spiro atoms. The normalized spacial score (nSPS) is 14.8. The highest BCUT2D eigenvalue weighted by molar-refractivity contribution is 5.92. The van der Waals surface area contributed by atoms with Crippen LogP contribution >= 0.6 is 0 Å². The molecule has 4 heteroatoms. The van der Waals surface area contributed by atoms with Gasteiger partial charge in [-0.15, -0.1) is 0 Å². The Morgan fingerprint density at radius 3 is 2.44 bits per heavy atom. The number of nitrogens with zero attached hydrogens (tertiary/aromatic N) is 2. The van der Waals surface area contributed by atoms with E-state index in [9.17, 15) is 4.79 Å². The fourth-order valence-electron chi connectivity index (χ4n) is 2.94. The molecular formula is C21H24N2O2. The van der Waals surface area contributed by atoms with E-state index in [1.165, 1.54) is 5.56 Å². The predicted molar refractivity (Wildman–Crippen MR) is 102 cm³/mol. The summed E-state index contributed by atoms with van der Waals surface area (Å²) in [6.07, 6.45) is 3.56. The molecule has 3 rings (SSSR count). The standard InChI is InChI=1S/C21H24N2O2/c1-17-6-8-18(9-7-17)10-11-21(24)23-14-12-22(13-15-23)19-4-3-5-20(16-19)25-2/h3-11,16H,12-15H2,1-2H3/b11-10+. The molecule has 0 atom stereocenters. The monoisotopic (exact) mass is 336 g/mol. The number of piperazine rings is 1. The van der Waals surface area contributed by atoms with Gasteiger partial charge in [-0.3, -0.25) is 4.79 Å². The minimum absolute atomic E-state index is 0.0749. The van der Waals surface area contributed by atoms with Crippen molar-refractivity contribution in [1.29, 1.82) is 0 Å². The first-order valence-corrected chi connectivity index (χ1v) is 8.58. The van der Waals surface area contributed by atoms with Crippen molar-refractivity contribution in [2.75, 3.05) is 38.2 Å². The van der Waals surface area contributed by atoms with Gasteiger partial charge in [-0.05, 0) is 30.7 Å². The molecule has 0 aromatic heterocycles. The van der Waals surface area contributed by atoms with Crippen LogP contribution in [0.3, 0.4) is 0 Å². The molecule has 0 saturated carbocycles. The van der Waals surface area contributed by atoms with Gasteiger partial charge in [0.2, 0.25) is 5.91 Å². The molecule has 1 fully saturated rings. The minimum atomic E-state index is 0.0749. The number of anilines is 1. The Morgan fingerprint density at radius 2 is 1.76 bits per heavy atom. The largest absolute Gasteiger partial charge is 0.497 e. The second-order valence-electron chi connectivity index (χ2n) is 6.26. The van der Waals surface area contributed by atoms with Gasteiger partial charge < -0.3 is 14.5 Å². The van der Waals surface area contributed by atoms with Crippen LogP contribution < -0.4 is 9.64 Å². The summed E-state index contributed by atoms with van der Waals surface area (Å²) in [6, 6.07) is 16.2. The Labute approximate surface area is 149 Å². The molecule has 1 heterocycles. The lowest BCUT2D eigenvalue weighted by Gasteiger charge is -2.35. The molecule has 2 aromatic carbocycles. The Balaban J connectivity index is 1.56. The Morgan fingerprint density at radius 1 is 1.04 bits per heavy atom. The summed E-state index contributed by atoms with van der Waals surface area (Å²) < 4.78 is 5.29. The van der Waals surface area contributed by atoms with Gasteiger partial charge in [0.15, 0.2) is 0 Å². The highest BCUT2D eigenvalue weighted by Gasteiger charge is 2.20. The van der Waals surface area contributed by atoms with Gasteiger partial charge in [0.05, 0.1) is 7.11 Å². The second kappa shape index (κ2) is 7.88. The summed E-state index contributed by atoms with van der Waals surface area (Å²) in [5.41, 5.74) is 3.41. The first-order valence-electron chi connectivity index (χ1n) is 8.58. The summed E-state index contributed by atoms with van der Waals surface area (Å²) in [5.74, 6) is 0.933. The maximum Gasteiger partial charge on any atom is 0.246 e. The van der Waals surface area contributed by atoms with E-state index in [1.54, 1.807) is 13.2 Å². The zero-order valence-electron chi connectivity index (χ0n) is 14.8. The number of methoxy groups -OCH3 is 1. The van der Waals surface area contributed by atoms with Gasteiger partial charge >= 0.3 is 0 Å². The first-order chi connectivity index (χ1) is 12.2. The van der Waals surface area contributed by atoms with Gasteiger partial charge in [0.1, 0.15) is 5.75 Å². The van der Waals surface area contributed by atoms with Gasteiger partial charge in [0.25, 0.3) is 0 Å². The van der Waals surface area contributed by atoms with Crippen LogP contribution in [0.2, 0.25) is 0 Å². The van der Waals surface area contributed by atoms with Crippen molar-refractivity contribution in [3.63, 3.8) is 0 Å². The molecule has 25 heavy (non-hydrogen) atoms. The molecule has 1 saturated heterocycles. The second-order valence-corrected chi connectivity index (χ2v) is 6.26. The fourth-order valence-corrected chi connectivity index (χ4v) is 2.94. The van der Waals surface area contributed by atoms with E-state index in [0.717, 1.165) is 43.2 Å². The van der Waals surface area contributed by atoms with Crippen LogP contribution in [0.5, 0.6) is 5.75 Å². The summed E-state index contributed by atoms with van der Waals surface area (Å²) >= 11 is 0. The first kappa shape index (κ1) is 17.1. The smallest absolute Gasteiger partial charge is 0.246 e. The number of aryl methyl sites for hydroxylation is 1. The van der Waals surface area contributed by atoms with E-state index in [-0.39, 0.29) is 5.91 Å². The lowest BCUT2D eigenvalue weighted by atomic mass is 10.1. The molecule has 1 aliphatic heterocycles. The number of carbonyl (C=O) groups is 1. The van der Waals surface area contributed by atoms with E-state index in [4.69, 9.17) is 4.74 Å². The van der Waals surface area contributed by atoms with E-state index in [0.29, 0.717) is 0 Å². The van der Waals surface area contributed by atoms with E-state index < -0.39 is 0 Å². The van der Waals surface area contributed by atoms with Crippen molar-refractivity contribution in [2.24, 2.45) is 0 Å². The number of rotatable bonds is 4. The predicted octanol–water partition coefficient (Wildman–Crippen LogP) is 3.37. The van der Waals surface area contributed by atoms with Crippen LogP contribution in [-0.4, -0.2) is 44.1 Å². The zero-order chi connectivity index (χ0) is 17.6. The molecule has 0 bridgehead atoms. The highest BCUT2D eigenvalue weighted by Crippen LogP contribution is 2.22. The topological polar surface area (TPSA) is 32.8 Å². The van der Waals surface area contributed by atoms with Crippen molar-refractivity contribution in [3.8, 4) is 5.75 Å². The number of ether oxygens (including phenoxy) is 1. The summed E-state index contributed by atoms with van der Waals surface area (Å²) in [4.78, 5) is 16.6. The number of amides is 1. The summed E-state index contributed by atoms with van der Waals surface area (Å²) in [5, 5.41) is 0. The highest BCUT2D eigenvalue weighted by atomic mass is 16.5. The molecule has 0 N–H and O–H groups in total. The summed E-state index contributed by atoms with van der Waals surface area (Å²) in [6.45, 7) is 5.18. The average molecular weight is 336 g/mol. The molecule has 2 aromatic rings. The van der Waals surface area contributed by atoms with E-state index in [1.807, 2.05) is 41.3 Å². The third kappa shape index (κ3) is 4.41. The lowest BCUT2D eigenvalue weighted by Crippen LogP contribution is -2.48. The number of hydrogen-bond acceptors (Lipinski definition) is 3. The van der Waals surface area contributed by atoms with Crippen LogP contribution in [0, 0.1) is 6.92 Å². The zero-order valence-corrected chi connectivity index (χ0v) is 14.8. The van der Waals surface area contributed by atoms with Crippen molar-refractivity contribution in [2.45, 2.75) is 6.92 Å². The van der Waals surface area contributed by atoms with Crippen LogP contribution in [0.25, 0.3) is 6.08 Å². The van der Waals surface area contributed by atoms with E-state index in [2.05, 4.69) is 30.0 Å². The molecule has 0 aliphatic carbocycles. The van der Waals surface area contributed by atoms with Crippen molar-refractivity contribution in [1.82, 2.24) is 4.90 Å². The maximum absolute atomic E-state index is 12.4. The SMILES string of the molecule is COc1cccc(N2CCN(C(=O)/C=C/c3ccc(C)cc3)CC2)c1. The third-order valence-electron chi connectivity index (χ3n) is 4.51. The molecule has 4 nitrogen and oxygen atoms in total. The Bertz CT molecular complexity index is 745. The number of benzene rings is 2. The average Bonchev–Trinajstić information content (AvgIpc) is 2.67. The van der Waals surface area contributed by atoms with Crippen LogP contribution in [0.1, 0.15) is 11.1 Å². The van der Waals surface area contributed by atoms with Gasteiger partial charge in [-0.1, -0.05) is 35.9 Å². The van der Waals surface area contributed by atoms with Crippen molar-refractivity contribution < 1.29 is 9.53 Å². The van der Waals surface area contributed by atoms with Crippen LogP contribution in [0.4, 0.5) is 5.69 Å². The van der Waals surface area contributed by atoms with Gasteiger partial charge in [-0.25, -0.2) is 0 Å². The van der Waals surface area contributed by atoms with Gasteiger partial charge in [-0.2, -0.15) is 0 Å². The van der Waals surface area contributed by atoms with E-state index >= 15 is 0 Å². The van der Waals surface area contributed by atoms with Crippen LogP contribution in [-0.2, 0) is 4.79 Å². The Hall–Kier alpha value is -2.75. The molecular weight excluding hydrogens is 312 g/mol. The van der Waals surface area contributed by atoms with Crippen molar-refractivity contribution in [3.05, 3.63) is 65.7 Å². The minimum Gasteiger partial charge on any atom is -0.497 e. The summed E-state index contributed by atoms with van der Waals surface area (Å²) in [7, 11) is 1.68. The molecule has 1 amide bonds. The number of carbonyl (C=O) groups excluding carboxylic acids is 1. The molecule has 0 unspecified atom stereocenters. The molecule has 1 aliphatic rings. The number of hydrogen-bond donors (Lipinski definition) is 0. The Kier molecular flexibility index (Phi) is 5.39. The molecule has 130 valence electrons. The van der Waals surface area contributed by atoms with Gasteiger partial charge in [0, 0.05) is 44.0 Å².